The number of fused-ring (bicyclic) bond motifs is 1. The molecule has 3 aromatic rings. The van der Waals surface area contributed by atoms with Gasteiger partial charge in [-0.05, 0) is 49.1 Å². The zero-order valence-corrected chi connectivity index (χ0v) is 16.1. The molecule has 3 heterocycles. The smallest absolute Gasteiger partial charge is 0.226 e. The van der Waals surface area contributed by atoms with Crippen molar-refractivity contribution in [3.8, 4) is 0 Å². The summed E-state index contributed by atoms with van der Waals surface area (Å²) < 4.78 is 1.81. The van der Waals surface area contributed by atoms with Gasteiger partial charge in [-0.1, -0.05) is 18.2 Å². The van der Waals surface area contributed by atoms with Crippen molar-refractivity contribution in [3.05, 3.63) is 72.3 Å². The average Bonchev–Trinajstić information content (AvgIpc) is 3.14. The summed E-state index contributed by atoms with van der Waals surface area (Å²) in [6.07, 6.45) is 9.77. The molecular weight excluding hydrogens is 350 g/mol. The molecule has 0 fully saturated rings. The third kappa shape index (κ3) is 4.22. The van der Waals surface area contributed by atoms with Crippen molar-refractivity contribution >= 4 is 17.3 Å². The number of carbonyl (C=O) groups is 1. The van der Waals surface area contributed by atoms with Gasteiger partial charge in [0.05, 0.1) is 18.4 Å². The highest BCUT2D eigenvalue weighted by atomic mass is 16.1. The lowest BCUT2D eigenvalue weighted by molar-refractivity contribution is -0.116. The summed E-state index contributed by atoms with van der Waals surface area (Å²) in [4.78, 5) is 18.8. The van der Waals surface area contributed by atoms with Crippen molar-refractivity contribution in [2.75, 3.05) is 16.8 Å². The fraction of sp³-hybridized carbons (Fsp3) is 0.318. The van der Waals surface area contributed by atoms with Gasteiger partial charge >= 0.3 is 0 Å². The van der Waals surface area contributed by atoms with E-state index in [0.717, 1.165) is 30.6 Å². The summed E-state index contributed by atoms with van der Waals surface area (Å²) in [5, 5.41) is 7.29. The molecule has 1 amide bonds. The second-order valence-electron chi connectivity index (χ2n) is 7.29. The van der Waals surface area contributed by atoms with Gasteiger partial charge in [0.25, 0.3) is 0 Å². The molecule has 6 nitrogen and oxygen atoms in total. The van der Waals surface area contributed by atoms with Crippen LogP contribution in [0.4, 0.5) is 11.4 Å². The number of nitrogens with zero attached hydrogens (tertiary/aromatic N) is 4. The molecule has 1 aromatic carbocycles. The number of hydrogen-bond donors (Lipinski definition) is 1. The maximum absolute atomic E-state index is 12.5. The summed E-state index contributed by atoms with van der Waals surface area (Å²) in [7, 11) is 0. The Hall–Kier alpha value is -3.15. The van der Waals surface area contributed by atoms with Gasteiger partial charge in [0, 0.05) is 43.3 Å². The zero-order valence-electron chi connectivity index (χ0n) is 16.1. The van der Waals surface area contributed by atoms with Crippen LogP contribution in [0.15, 0.2) is 61.2 Å². The number of rotatable bonds is 6. The predicted molar refractivity (Wildman–Crippen MR) is 110 cm³/mol. The Morgan fingerprint density at radius 3 is 2.89 bits per heavy atom. The minimum Gasteiger partial charge on any atom is -0.368 e. The van der Waals surface area contributed by atoms with Crippen LogP contribution in [0.5, 0.6) is 0 Å². The second kappa shape index (κ2) is 8.25. The van der Waals surface area contributed by atoms with Gasteiger partial charge in [0.1, 0.15) is 0 Å². The highest BCUT2D eigenvalue weighted by molar-refractivity contribution is 5.90. The first-order valence-electron chi connectivity index (χ1n) is 9.75. The van der Waals surface area contributed by atoms with E-state index in [-0.39, 0.29) is 5.91 Å². The fourth-order valence-corrected chi connectivity index (χ4v) is 3.74. The minimum atomic E-state index is 0.0127. The molecule has 28 heavy (non-hydrogen) atoms. The maximum Gasteiger partial charge on any atom is 0.226 e. The van der Waals surface area contributed by atoms with Crippen molar-refractivity contribution in [1.29, 1.82) is 0 Å². The molecule has 0 spiro atoms. The standard InChI is InChI=1S/C22H25N5O/c1-17-6-7-19-4-2-3-5-21(19)27(17)13-10-22(28)25-20-14-24-26(16-20)15-18-8-11-23-12-9-18/h2-5,8-9,11-12,14,16-17H,6-7,10,13,15H2,1H3,(H,25,28). The van der Waals surface area contributed by atoms with Crippen molar-refractivity contribution in [3.63, 3.8) is 0 Å². The topological polar surface area (TPSA) is 63.1 Å². The Balaban J connectivity index is 1.33. The van der Waals surface area contributed by atoms with Crippen molar-refractivity contribution < 1.29 is 4.79 Å². The first-order valence-corrected chi connectivity index (χ1v) is 9.75. The molecule has 2 aromatic heterocycles. The summed E-state index contributed by atoms with van der Waals surface area (Å²) >= 11 is 0. The number of hydrogen-bond acceptors (Lipinski definition) is 4. The molecule has 1 N–H and O–H groups in total. The average molecular weight is 375 g/mol. The molecular formula is C22H25N5O. The minimum absolute atomic E-state index is 0.0127. The van der Waals surface area contributed by atoms with E-state index >= 15 is 0 Å². The number of para-hydroxylation sites is 1. The normalized spacial score (nSPS) is 15.9. The van der Waals surface area contributed by atoms with Gasteiger partial charge in [0.2, 0.25) is 5.91 Å². The number of anilines is 2. The van der Waals surface area contributed by atoms with E-state index < -0.39 is 0 Å². The summed E-state index contributed by atoms with van der Waals surface area (Å²) in [5.41, 5.74) is 4.48. The lowest BCUT2D eigenvalue weighted by Crippen LogP contribution is -2.39. The zero-order chi connectivity index (χ0) is 19.3. The Labute approximate surface area is 165 Å². The van der Waals surface area contributed by atoms with Gasteiger partial charge in [-0.25, -0.2) is 0 Å². The number of amides is 1. The number of aromatic nitrogens is 3. The van der Waals surface area contributed by atoms with E-state index in [9.17, 15) is 4.79 Å². The predicted octanol–water partition coefficient (Wildman–Crippen LogP) is 3.50. The Morgan fingerprint density at radius 2 is 2.04 bits per heavy atom. The molecule has 6 heteroatoms. The Kier molecular flexibility index (Phi) is 5.37. The van der Waals surface area contributed by atoms with E-state index in [1.807, 2.05) is 23.0 Å². The van der Waals surface area contributed by atoms with Crippen molar-refractivity contribution in [2.45, 2.75) is 38.8 Å². The molecule has 0 saturated heterocycles. The lowest BCUT2D eigenvalue weighted by atomic mass is 9.96. The monoisotopic (exact) mass is 375 g/mol. The highest BCUT2D eigenvalue weighted by Crippen LogP contribution is 2.30. The first kappa shape index (κ1) is 18.2. The van der Waals surface area contributed by atoms with Gasteiger partial charge in [-0.15, -0.1) is 0 Å². The maximum atomic E-state index is 12.5. The highest BCUT2D eigenvalue weighted by Gasteiger charge is 2.23. The van der Waals surface area contributed by atoms with E-state index in [0.29, 0.717) is 19.0 Å². The SMILES string of the molecule is CC1CCc2ccccc2N1CCC(=O)Nc1cnn(Cc2ccncc2)c1. The van der Waals surface area contributed by atoms with E-state index in [1.165, 1.54) is 11.3 Å². The largest absolute Gasteiger partial charge is 0.368 e. The van der Waals surface area contributed by atoms with Crippen LogP contribution in [0.25, 0.3) is 0 Å². The van der Waals surface area contributed by atoms with Crippen LogP contribution in [0.1, 0.15) is 30.9 Å². The first-order chi connectivity index (χ1) is 13.7. The van der Waals surface area contributed by atoms with Crippen molar-refractivity contribution in [2.24, 2.45) is 0 Å². The number of benzene rings is 1. The van der Waals surface area contributed by atoms with E-state index in [2.05, 4.69) is 51.5 Å². The molecule has 4 rings (SSSR count). The van der Waals surface area contributed by atoms with Crippen molar-refractivity contribution in [1.82, 2.24) is 14.8 Å². The number of carbonyl (C=O) groups excluding carboxylic acids is 1. The molecule has 1 aliphatic heterocycles. The summed E-state index contributed by atoms with van der Waals surface area (Å²) in [6.45, 7) is 3.60. The number of pyridine rings is 1. The molecule has 1 aliphatic rings. The molecule has 0 radical (unpaired) electrons. The van der Waals surface area contributed by atoms with Crippen LogP contribution >= 0.6 is 0 Å². The van der Waals surface area contributed by atoms with Crippen LogP contribution in [0.3, 0.4) is 0 Å². The molecule has 144 valence electrons. The Morgan fingerprint density at radius 1 is 1.21 bits per heavy atom. The molecule has 1 unspecified atom stereocenters. The fourth-order valence-electron chi connectivity index (χ4n) is 3.74. The van der Waals surface area contributed by atoms with E-state index in [4.69, 9.17) is 0 Å². The molecule has 1 atom stereocenters. The van der Waals surface area contributed by atoms with Gasteiger partial charge in [0.15, 0.2) is 0 Å². The van der Waals surface area contributed by atoms with Gasteiger partial charge in [-0.2, -0.15) is 5.10 Å². The lowest BCUT2D eigenvalue weighted by Gasteiger charge is -2.37. The summed E-state index contributed by atoms with van der Waals surface area (Å²) in [5.74, 6) is 0.0127. The van der Waals surface area contributed by atoms with Crippen LogP contribution in [-0.4, -0.2) is 33.3 Å². The van der Waals surface area contributed by atoms with Crippen LogP contribution in [0, 0.1) is 0 Å². The third-order valence-electron chi connectivity index (χ3n) is 5.26. The van der Waals surface area contributed by atoms with E-state index in [1.54, 1.807) is 18.6 Å². The molecule has 0 saturated carbocycles. The molecule has 0 bridgehead atoms. The van der Waals surface area contributed by atoms with Gasteiger partial charge in [-0.3, -0.25) is 14.5 Å². The van der Waals surface area contributed by atoms with Crippen LogP contribution in [-0.2, 0) is 17.8 Å². The summed E-state index contributed by atoms with van der Waals surface area (Å²) in [6, 6.07) is 12.9. The van der Waals surface area contributed by atoms with Crippen LogP contribution < -0.4 is 10.2 Å². The van der Waals surface area contributed by atoms with Gasteiger partial charge < -0.3 is 10.2 Å². The third-order valence-corrected chi connectivity index (χ3v) is 5.26. The molecule has 0 aliphatic carbocycles. The second-order valence-corrected chi connectivity index (χ2v) is 7.29. The quantitative estimate of drug-likeness (QED) is 0.716. The number of aryl methyl sites for hydroxylation is 1. The Bertz CT molecular complexity index is 937. The number of nitrogens with one attached hydrogen (secondary N) is 1. The van der Waals surface area contributed by atoms with Crippen LogP contribution in [0.2, 0.25) is 0 Å².